The molecule has 0 radical (unpaired) electrons. The highest BCUT2D eigenvalue weighted by Gasteiger charge is 1.85. The largest absolute Gasteiger partial charge is 0.396 e. The van der Waals surface area contributed by atoms with E-state index >= 15 is 0 Å². The van der Waals surface area contributed by atoms with Gasteiger partial charge in [-0.15, -0.1) is 0 Å². The third kappa shape index (κ3) is 3.90. The van der Waals surface area contributed by atoms with Crippen LogP contribution in [-0.2, 0) is 0 Å². The van der Waals surface area contributed by atoms with E-state index in [-0.39, 0.29) is 6.61 Å². The summed E-state index contributed by atoms with van der Waals surface area (Å²) in [4.78, 5) is 0. The molecule has 1 nitrogen and oxygen atoms in total. The lowest BCUT2D eigenvalue weighted by atomic mass is 10.1. The molecule has 0 unspecified atom stereocenters. The summed E-state index contributed by atoms with van der Waals surface area (Å²) < 4.78 is 0. The van der Waals surface area contributed by atoms with Gasteiger partial charge in [-0.1, -0.05) is 42.0 Å². The summed E-state index contributed by atoms with van der Waals surface area (Å²) in [6.07, 6.45) is 5.99. The van der Waals surface area contributed by atoms with Crippen molar-refractivity contribution in [3.63, 3.8) is 0 Å². The second-order valence-electron chi connectivity index (χ2n) is 3.18. The van der Waals surface area contributed by atoms with Gasteiger partial charge in [-0.2, -0.15) is 0 Å². The first kappa shape index (κ1) is 10.0. The Balaban J connectivity index is 2.44. The summed E-state index contributed by atoms with van der Waals surface area (Å²) in [6, 6.07) is 8.41. The van der Waals surface area contributed by atoms with Crippen LogP contribution in [0.4, 0.5) is 0 Å². The molecule has 0 heterocycles. The quantitative estimate of drug-likeness (QED) is 0.699. The van der Waals surface area contributed by atoms with E-state index < -0.39 is 0 Å². The molecule has 13 heavy (non-hydrogen) atoms. The second kappa shape index (κ2) is 5.55. The van der Waals surface area contributed by atoms with Crippen molar-refractivity contribution in [2.75, 3.05) is 6.61 Å². The molecule has 0 amide bonds. The number of aliphatic hydroxyl groups excluding tert-OH is 1. The number of aryl methyl sites for hydroxylation is 1. The van der Waals surface area contributed by atoms with E-state index in [2.05, 4.69) is 43.3 Å². The van der Waals surface area contributed by atoms with E-state index in [9.17, 15) is 0 Å². The molecule has 0 aliphatic heterocycles. The monoisotopic (exact) mass is 176 g/mol. The summed E-state index contributed by atoms with van der Waals surface area (Å²) >= 11 is 0. The van der Waals surface area contributed by atoms with Crippen LogP contribution in [0.2, 0.25) is 0 Å². The Hall–Kier alpha value is -1.08. The van der Waals surface area contributed by atoms with Crippen molar-refractivity contribution >= 4 is 6.08 Å². The van der Waals surface area contributed by atoms with E-state index in [1.165, 1.54) is 11.1 Å². The fourth-order valence-corrected chi connectivity index (χ4v) is 1.11. The average Bonchev–Trinajstić information content (AvgIpc) is 2.15. The van der Waals surface area contributed by atoms with Crippen LogP contribution >= 0.6 is 0 Å². The maximum Gasteiger partial charge on any atom is 0.0433 e. The maximum atomic E-state index is 8.57. The van der Waals surface area contributed by atoms with Gasteiger partial charge in [0.15, 0.2) is 0 Å². The van der Waals surface area contributed by atoms with Crippen LogP contribution in [0.3, 0.4) is 0 Å². The van der Waals surface area contributed by atoms with Gasteiger partial charge in [-0.3, -0.25) is 0 Å². The zero-order chi connectivity index (χ0) is 9.52. The van der Waals surface area contributed by atoms with Crippen LogP contribution in [0.25, 0.3) is 6.08 Å². The number of benzene rings is 1. The van der Waals surface area contributed by atoms with Crippen molar-refractivity contribution in [2.24, 2.45) is 0 Å². The summed E-state index contributed by atoms with van der Waals surface area (Å²) in [5, 5.41) is 8.57. The second-order valence-corrected chi connectivity index (χ2v) is 3.18. The van der Waals surface area contributed by atoms with Gasteiger partial charge in [0, 0.05) is 6.61 Å². The average molecular weight is 176 g/mol. The van der Waals surface area contributed by atoms with E-state index in [0.29, 0.717) is 0 Å². The van der Waals surface area contributed by atoms with Gasteiger partial charge in [-0.05, 0) is 25.3 Å². The third-order valence-electron chi connectivity index (χ3n) is 1.92. The Labute approximate surface area is 79.7 Å². The highest BCUT2D eigenvalue weighted by molar-refractivity contribution is 5.49. The van der Waals surface area contributed by atoms with Crippen LogP contribution in [0.15, 0.2) is 30.3 Å². The number of hydrogen-bond acceptors (Lipinski definition) is 1. The Bertz CT molecular complexity index is 259. The van der Waals surface area contributed by atoms with Crippen molar-refractivity contribution in [3.8, 4) is 0 Å². The van der Waals surface area contributed by atoms with E-state index in [4.69, 9.17) is 5.11 Å². The number of rotatable bonds is 4. The molecule has 0 bridgehead atoms. The van der Waals surface area contributed by atoms with Crippen LogP contribution in [0, 0.1) is 6.92 Å². The molecule has 1 N–H and O–H groups in total. The molecule has 0 fully saturated rings. The van der Waals surface area contributed by atoms with E-state index in [1.54, 1.807) is 0 Å². The van der Waals surface area contributed by atoms with Crippen molar-refractivity contribution in [2.45, 2.75) is 19.8 Å². The smallest absolute Gasteiger partial charge is 0.0433 e. The molecule has 1 aromatic carbocycles. The van der Waals surface area contributed by atoms with Gasteiger partial charge in [0.25, 0.3) is 0 Å². The Morgan fingerprint density at radius 3 is 2.54 bits per heavy atom. The topological polar surface area (TPSA) is 20.2 Å². The summed E-state index contributed by atoms with van der Waals surface area (Å²) in [5.41, 5.74) is 2.51. The van der Waals surface area contributed by atoms with Crippen molar-refractivity contribution in [1.29, 1.82) is 0 Å². The first-order chi connectivity index (χ1) is 6.33. The lowest BCUT2D eigenvalue weighted by Gasteiger charge is -1.94. The first-order valence-electron chi connectivity index (χ1n) is 4.67. The summed E-state index contributed by atoms with van der Waals surface area (Å²) in [6.45, 7) is 2.36. The predicted molar refractivity (Wildman–Crippen MR) is 56.5 cm³/mol. The SMILES string of the molecule is Cc1ccc(C=CCCCO)cc1. The van der Waals surface area contributed by atoms with Gasteiger partial charge >= 0.3 is 0 Å². The molecular weight excluding hydrogens is 160 g/mol. The molecular formula is C12H16O. The molecule has 0 aliphatic rings. The third-order valence-corrected chi connectivity index (χ3v) is 1.92. The molecule has 1 aromatic rings. The minimum absolute atomic E-state index is 0.276. The van der Waals surface area contributed by atoms with Gasteiger partial charge in [0.2, 0.25) is 0 Å². The zero-order valence-corrected chi connectivity index (χ0v) is 8.03. The molecule has 0 aromatic heterocycles. The first-order valence-corrected chi connectivity index (χ1v) is 4.67. The predicted octanol–water partition coefficient (Wildman–Crippen LogP) is 2.78. The minimum Gasteiger partial charge on any atom is -0.396 e. The lowest BCUT2D eigenvalue weighted by molar-refractivity contribution is 0.290. The van der Waals surface area contributed by atoms with Crippen molar-refractivity contribution in [3.05, 3.63) is 41.5 Å². The van der Waals surface area contributed by atoms with E-state index in [0.717, 1.165) is 12.8 Å². The van der Waals surface area contributed by atoms with Crippen LogP contribution in [-0.4, -0.2) is 11.7 Å². The van der Waals surface area contributed by atoms with Gasteiger partial charge in [-0.25, -0.2) is 0 Å². The van der Waals surface area contributed by atoms with Gasteiger partial charge in [0.05, 0.1) is 0 Å². The van der Waals surface area contributed by atoms with Crippen molar-refractivity contribution < 1.29 is 5.11 Å². The molecule has 0 aliphatic carbocycles. The van der Waals surface area contributed by atoms with Crippen LogP contribution in [0.5, 0.6) is 0 Å². The summed E-state index contributed by atoms with van der Waals surface area (Å²) in [5.74, 6) is 0. The normalized spacial score (nSPS) is 10.9. The molecule has 1 heteroatoms. The Kier molecular flexibility index (Phi) is 4.27. The molecule has 70 valence electrons. The van der Waals surface area contributed by atoms with Crippen molar-refractivity contribution in [1.82, 2.24) is 0 Å². The molecule has 0 atom stereocenters. The van der Waals surface area contributed by atoms with E-state index in [1.807, 2.05) is 0 Å². The Morgan fingerprint density at radius 2 is 1.92 bits per heavy atom. The lowest BCUT2D eigenvalue weighted by Crippen LogP contribution is -1.78. The molecule has 1 rings (SSSR count). The number of unbranched alkanes of at least 4 members (excludes halogenated alkanes) is 1. The highest BCUT2D eigenvalue weighted by atomic mass is 16.2. The minimum atomic E-state index is 0.276. The Morgan fingerprint density at radius 1 is 1.23 bits per heavy atom. The highest BCUT2D eigenvalue weighted by Crippen LogP contribution is 2.05. The molecule has 0 spiro atoms. The molecule has 0 saturated carbocycles. The van der Waals surface area contributed by atoms with Gasteiger partial charge < -0.3 is 5.11 Å². The van der Waals surface area contributed by atoms with Crippen LogP contribution < -0.4 is 0 Å². The molecule has 0 saturated heterocycles. The van der Waals surface area contributed by atoms with Crippen LogP contribution in [0.1, 0.15) is 24.0 Å². The fourth-order valence-electron chi connectivity index (χ4n) is 1.11. The zero-order valence-electron chi connectivity index (χ0n) is 8.03. The van der Waals surface area contributed by atoms with Gasteiger partial charge in [0.1, 0.15) is 0 Å². The fraction of sp³-hybridized carbons (Fsp3) is 0.333. The number of allylic oxidation sites excluding steroid dienone is 1. The number of hydrogen-bond donors (Lipinski definition) is 1. The summed E-state index contributed by atoms with van der Waals surface area (Å²) in [7, 11) is 0. The standard InChI is InChI=1S/C12H16O/c1-11-6-8-12(9-7-11)5-3-2-4-10-13/h3,5-9,13H,2,4,10H2,1H3. The number of aliphatic hydroxyl groups is 1. The maximum absolute atomic E-state index is 8.57.